The molecule has 0 saturated carbocycles. The highest BCUT2D eigenvalue weighted by Gasteiger charge is 2.32. The van der Waals surface area contributed by atoms with Gasteiger partial charge < -0.3 is 10.6 Å². The topological polar surface area (TPSA) is 49.6 Å². The Morgan fingerprint density at radius 1 is 1.00 bits per heavy atom. The van der Waals surface area contributed by atoms with Gasteiger partial charge in [-0.1, -0.05) is 58.0 Å². The number of nitrogens with two attached hydrogens (primary N) is 1. The summed E-state index contributed by atoms with van der Waals surface area (Å²) in [4.78, 5) is 17.7. The Labute approximate surface area is 156 Å². The Morgan fingerprint density at radius 2 is 1.80 bits per heavy atom. The summed E-state index contributed by atoms with van der Waals surface area (Å²) in [5.41, 5.74) is 7.02. The molecule has 2 saturated heterocycles. The van der Waals surface area contributed by atoms with E-state index in [1.165, 1.54) is 0 Å². The van der Waals surface area contributed by atoms with Gasteiger partial charge in [0.1, 0.15) is 0 Å². The molecule has 2 aromatic rings. The number of hydrogen-bond acceptors (Lipinski definition) is 5. The summed E-state index contributed by atoms with van der Waals surface area (Å²) in [5, 5.41) is 2.16. The van der Waals surface area contributed by atoms with Crippen LogP contribution >= 0.6 is 21.6 Å². The molecule has 2 aromatic carbocycles. The lowest BCUT2D eigenvalue weighted by molar-refractivity contribution is 0.0515. The molecule has 2 unspecified atom stereocenters. The lowest BCUT2D eigenvalue weighted by atomic mass is 10.0. The minimum Gasteiger partial charge on any atom is -0.336 e. The fourth-order valence-corrected chi connectivity index (χ4v) is 6.19. The number of benzene rings is 2. The summed E-state index contributed by atoms with van der Waals surface area (Å²) in [6.45, 7) is 3.43. The van der Waals surface area contributed by atoms with Crippen LogP contribution in [-0.4, -0.2) is 65.5 Å². The number of amides is 1. The van der Waals surface area contributed by atoms with Crippen LogP contribution in [0.5, 0.6) is 0 Å². The van der Waals surface area contributed by atoms with Crippen molar-refractivity contribution in [2.45, 2.75) is 12.1 Å². The van der Waals surface area contributed by atoms with Crippen molar-refractivity contribution in [2.24, 2.45) is 5.73 Å². The van der Waals surface area contributed by atoms with E-state index in [4.69, 9.17) is 5.73 Å². The molecular weight excluding hydrogens is 350 g/mol. The third-order valence-corrected chi connectivity index (χ3v) is 7.58. The van der Waals surface area contributed by atoms with Gasteiger partial charge in [0.2, 0.25) is 0 Å². The number of carbonyl (C=O) groups excluding carboxylic acids is 1. The fraction of sp³-hybridized carbons (Fsp3) is 0.421. The quantitative estimate of drug-likeness (QED) is 0.779. The second-order valence-electron chi connectivity index (χ2n) is 6.76. The first-order valence-electron chi connectivity index (χ1n) is 8.73. The van der Waals surface area contributed by atoms with Gasteiger partial charge in [-0.25, -0.2) is 0 Å². The van der Waals surface area contributed by atoms with Crippen molar-refractivity contribution in [2.75, 3.05) is 37.7 Å². The molecule has 2 aliphatic heterocycles. The monoisotopic (exact) mass is 373 g/mol. The SMILES string of the molecule is NC1CSSCC2CN(C(=O)c3cccc4ccccc34)CCN2C1. The van der Waals surface area contributed by atoms with E-state index in [9.17, 15) is 4.79 Å². The maximum Gasteiger partial charge on any atom is 0.254 e. The molecule has 2 N–H and O–H groups in total. The third kappa shape index (κ3) is 3.67. The molecular formula is C19H23N3OS2. The van der Waals surface area contributed by atoms with Crippen molar-refractivity contribution in [3.63, 3.8) is 0 Å². The van der Waals surface area contributed by atoms with E-state index in [-0.39, 0.29) is 11.9 Å². The highest BCUT2D eigenvalue weighted by molar-refractivity contribution is 8.76. The summed E-state index contributed by atoms with van der Waals surface area (Å²) < 4.78 is 0. The van der Waals surface area contributed by atoms with Gasteiger partial charge in [-0.2, -0.15) is 0 Å². The Bertz CT molecular complexity index is 764. The number of piperazine rings is 1. The van der Waals surface area contributed by atoms with Gasteiger partial charge >= 0.3 is 0 Å². The smallest absolute Gasteiger partial charge is 0.254 e. The standard InChI is InChI=1S/C19H23N3OS2/c20-15-10-21-8-9-22(11-16(21)13-25-24-12-15)19(23)18-7-3-5-14-4-1-2-6-17(14)18/h1-7,15-16H,8-13,20H2. The number of nitrogens with zero attached hydrogens (tertiary/aromatic N) is 2. The molecule has 2 heterocycles. The molecule has 0 radical (unpaired) electrons. The average molecular weight is 374 g/mol. The summed E-state index contributed by atoms with van der Waals surface area (Å²) in [7, 11) is 3.75. The first kappa shape index (κ1) is 17.2. The predicted octanol–water partition coefficient (Wildman–Crippen LogP) is 2.69. The normalized spacial score (nSPS) is 25.2. The molecule has 4 rings (SSSR count). The van der Waals surface area contributed by atoms with Crippen LogP contribution < -0.4 is 5.73 Å². The van der Waals surface area contributed by atoms with Gasteiger partial charge in [0.05, 0.1) is 0 Å². The summed E-state index contributed by atoms with van der Waals surface area (Å²) in [6, 6.07) is 14.7. The van der Waals surface area contributed by atoms with Gasteiger partial charge in [0.15, 0.2) is 0 Å². The van der Waals surface area contributed by atoms with E-state index in [1.54, 1.807) is 0 Å². The van der Waals surface area contributed by atoms with Crippen LogP contribution in [0.25, 0.3) is 10.8 Å². The molecule has 0 spiro atoms. The second-order valence-corrected chi connectivity index (χ2v) is 9.31. The van der Waals surface area contributed by atoms with Crippen molar-refractivity contribution < 1.29 is 4.79 Å². The molecule has 132 valence electrons. The Hall–Kier alpha value is -1.21. The van der Waals surface area contributed by atoms with Crippen LogP contribution in [0.4, 0.5) is 0 Å². The van der Waals surface area contributed by atoms with Gasteiger partial charge in [-0.15, -0.1) is 0 Å². The molecule has 25 heavy (non-hydrogen) atoms. The Morgan fingerprint density at radius 3 is 2.72 bits per heavy atom. The van der Waals surface area contributed by atoms with E-state index in [2.05, 4.69) is 17.0 Å². The highest BCUT2D eigenvalue weighted by atomic mass is 33.1. The van der Waals surface area contributed by atoms with E-state index in [0.717, 1.165) is 54.0 Å². The molecule has 6 heteroatoms. The van der Waals surface area contributed by atoms with Crippen LogP contribution in [0.2, 0.25) is 0 Å². The minimum absolute atomic E-state index is 0.153. The van der Waals surface area contributed by atoms with E-state index in [0.29, 0.717) is 6.04 Å². The van der Waals surface area contributed by atoms with Crippen molar-refractivity contribution in [1.82, 2.24) is 9.80 Å². The number of carbonyl (C=O) groups is 1. The Kier molecular flexibility index (Phi) is 5.22. The molecule has 2 fully saturated rings. The molecule has 2 aliphatic rings. The Balaban J connectivity index is 1.55. The third-order valence-electron chi connectivity index (χ3n) is 5.01. The van der Waals surface area contributed by atoms with Gasteiger partial charge in [0.25, 0.3) is 5.91 Å². The van der Waals surface area contributed by atoms with E-state index < -0.39 is 0 Å². The number of fused-ring (bicyclic) bond motifs is 2. The molecule has 1 amide bonds. The number of hydrogen-bond donors (Lipinski definition) is 1. The first-order valence-corrected chi connectivity index (χ1v) is 11.2. The molecule has 0 aromatic heterocycles. The fourth-order valence-electron chi connectivity index (χ4n) is 3.67. The predicted molar refractivity (Wildman–Crippen MR) is 108 cm³/mol. The van der Waals surface area contributed by atoms with Crippen LogP contribution in [0.1, 0.15) is 10.4 Å². The van der Waals surface area contributed by atoms with Crippen molar-refractivity contribution in [3.05, 3.63) is 48.0 Å². The maximum absolute atomic E-state index is 13.2. The lowest BCUT2D eigenvalue weighted by Gasteiger charge is -2.43. The molecule has 2 atom stereocenters. The van der Waals surface area contributed by atoms with E-state index >= 15 is 0 Å². The number of rotatable bonds is 1. The van der Waals surface area contributed by atoms with E-state index in [1.807, 2.05) is 56.8 Å². The van der Waals surface area contributed by atoms with Gasteiger partial charge in [-0.05, 0) is 16.8 Å². The van der Waals surface area contributed by atoms with Crippen LogP contribution in [0, 0.1) is 0 Å². The second kappa shape index (κ2) is 7.58. The lowest BCUT2D eigenvalue weighted by Crippen LogP contribution is -2.58. The van der Waals surface area contributed by atoms with Crippen molar-refractivity contribution in [1.29, 1.82) is 0 Å². The molecule has 4 nitrogen and oxygen atoms in total. The van der Waals surface area contributed by atoms with Crippen LogP contribution in [-0.2, 0) is 0 Å². The zero-order chi connectivity index (χ0) is 17.2. The first-order chi connectivity index (χ1) is 12.2. The summed E-state index contributed by atoms with van der Waals surface area (Å²) >= 11 is 0. The average Bonchev–Trinajstić information content (AvgIpc) is 2.63. The zero-order valence-electron chi connectivity index (χ0n) is 14.1. The largest absolute Gasteiger partial charge is 0.336 e. The highest BCUT2D eigenvalue weighted by Crippen LogP contribution is 2.29. The van der Waals surface area contributed by atoms with Gasteiger partial charge in [0, 0.05) is 55.3 Å². The zero-order valence-corrected chi connectivity index (χ0v) is 15.8. The van der Waals surface area contributed by atoms with Crippen molar-refractivity contribution >= 4 is 38.3 Å². The summed E-state index contributed by atoms with van der Waals surface area (Å²) in [5.74, 6) is 2.21. The molecule has 0 aliphatic carbocycles. The van der Waals surface area contributed by atoms with Gasteiger partial charge in [-0.3, -0.25) is 9.69 Å². The minimum atomic E-state index is 0.153. The van der Waals surface area contributed by atoms with Crippen molar-refractivity contribution in [3.8, 4) is 0 Å². The maximum atomic E-state index is 13.2. The molecule has 0 bridgehead atoms. The summed E-state index contributed by atoms with van der Waals surface area (Å²) in [6.07, 6.45) is 0. The van der Waals surface area contributed by atoms with Crippen LogP contribution in [0.3, 0.4) is 0 Å². The van der Waals surface area contributed by atoms with Crippen LogP contribution in [0.15, 0.2) is 42.5 Å².